The van der Waals surface area contributed by atoms with Crippen molar-refractivity contribution >= 4 is 5.97 Å². The van der Waals surface area contributed by atoms with Crippen molar-refractivity contribution in [2.24, 2.45) is 17.8 Å². The Kier molecular flexibility index (Phi) is 6.60. The fourth-order valence-corrected chi connectivity index (χ4v) is 1.98. The summed E-state index contributed by atoms with van der Waals surface area (Å²) >= 11 is 0. The second-order valence-electron chi connectivity index (χ2n) is 4.69. The van der Waals surface area contributed by atoms with E-state index < -0.39 is 5.97 Å². The molecule has 2 unspecified atom stereocenters. The summed E-state index contributed by atoms with van der Waals surface area (Å²) in [6.07, 6.45) is 3.96. The van der Waals surface area contributed by atoms with Crippen molar-refractivity contribution < 1.29 is 9.90 Å². The van der Waals surface area contributed by atoms with Gasteiger partial charge in [-0.05, 0) is 24.7 Å². The van der Waals surface area contributed by atoms with Crippen LogP contribution in [-0.4, -0.2) is 11.1 Å². The molecule has 14 heavy (non-hydrogen) atoms. The molecule has 2 atom stereocenters. The largest absolute Gasteiger partial charge is 0.481 e. The Morgan fingerprint density at radius 3 is 2.21 bits per heavy atom. The molecule has 0 saturated heterocycles. The van der Waals surface area contributed by atoms with Gasteiger partial charge < -0.3 is 5.11 Å². The van der Waals surface area contributed by atoms with Gasteiger partial charge >= 0.3 is 5.97 Å². The van der Waals surface area contributed by atoms with E-state index in [2.05, 4.69) is 27.7 Å². The van der Waals surface area contributed by atoms with Gasteiger partial charge in [-0.15, -0.1) is 0 Å². The van der Waals surface area contributed by atoms with Crippen LogP contribution >= 0.6 is 0 Å². The fraction of sp³-hybridized carbons (Fsp3) is 0.917. The summed E-state index contributed by atoms with van der Waals surface area (Å²) in [4.78, 5) is 11.0. The maximum Gasteiger partial charge on any atom is 0.306 e. The summed E-state index contributed by atoms with van der Waals surface area (Å²) in [6, 6.07) is 0. The molecule has 0 amide bonds. The number of hydrogen-bond donors (Lipinski definition) is 1. The van der Waals surface area contributed by atoms with Crippen LogP contribution in [0, 0.1) is 17.8 Å². The molecular weight excluding hydrogens is 176 g/mol. The molecule has 1 N–H and O–H groups in total. The molecule has 0 aliphatic rings. The van der Waals surface area contributed by atoms with Crippen LogP contribution in [0.2, 0.25) is 0 Å². The standard InChI is InChI=1S/C12H24O2/c1-5-6-7-11(12(13)14)10(4)8-9(2)3/h9-11H,5-8H2,1-4H3,(H,13,14). The number of unbranched alkanes of at least 4 members (excludes halogenated alkanes) is 1. The van der Waals surface area contributed by atoms with E-state index in [-0.39, 0.29) is 5.92 Å². The van der Waals surface area contributed by atoms with Gasteiger partial charge in [-0.1, -0.05) is 40.5 Å². The normalized spacial score (nSPS) is 15.5. The van der Waals surface area contributed by atoms with Gasteiger partial charge in [-0.25, -0.2) is 0 Å². The Hall–Kier alpha value is -0.530. The summed E-state index contributed by atoms with van der Waals surface area (Å²) < 4.78 is 0. The Balaban J connectivity index is 4.11. The smallest absolute Gasteiger partial charge is 0.306 e. The predicted molar refractivity (Wildman–Crippen MR) is 59.3 cm³/mol. The molecule has 0 heterocycles. The molecule has 0 aliphatic heterocycles. The third kappa shape index (κ3) is 5.25. The van der Waals surface area contributed by atoms with E-state index >= 15 is 0 Å². The fourth-order valence-electron chi connectivity index (χ4n) is 1.98. The SMILES string of the molecule is CCCCC(C(=O)O)C(C)CC(C)C. The van der Waals surface area contributed by atoms with Crippen LogP contribution in [0.5, 0.6) is 0 Å². The average molecular weight is 200 g/mol. The van der Waals surface area contributed by atoms with Gasteiger partial charge in [0.1, 0.15) is 0 Å². The monoisotopic (exact) mass is 200 g/mol. The van der Waals surface area contributed by atoms with Crippen molar-refractivity contribution in [2.75, 3.05) is 0 Å². The molecule has 84 valence electrons. The highest BCUT2D eigenvalue weighted by Crippen LogP contribution is 2.24. The van der Waals surface area contributed by atoms with Crippen molar-refractivity contribution in [3.05, 3.63) is 0 Å². The maximum atomic E-state index is 11.0. The van der Waals surface area contributed by atoms with Gasteiger partial charge in [0.25, 0.3) is 0 Å². The van der Waals surface area contributed by atoms with Crippen LogP contribution in [-0.2, 0) is 4.79 Å². The number of carboxylic acids is 1. The van der Waals surface area contributed by atoms with Crippen LogP contribution in [0.3, 0.4) is 0 Å². The lowest BCUT2D eigenvalue weighted by Crippen LogP contribution is -2.22. The second kappa shape index (κ2) is 6.86. The molecule has 2 heteroatoms. The Labute approximate surface area is 87.7 Å². The summed E-state index contributed by atoms with van der Waals surface area (Å²) in [5.41, 5.74) is 0. The first-order valence-corrected chi connectivity index (χ1v) is 5.71. The summed E-state index contributed by atoms with van der Waals surface area (Å²) in [5, 5.41) is 9.08. The van der Waals surface area contributed by atoms with E-state index in [1.807, 2.05) is 0 Å². The topological polar surface area (TPSA) is 37.3 Å². The van der Waals surface area contributed by atoms with Crippen LogP contribution in [0.4, 0.5) is 0 Å². The van der Waals surface area contributed by atoms with Gasteiger partial charge in [0, 0.05) is 0 Å². The first-order chi connectivity index (χ1) is 6.49. The number of aliphatic carboxylic acids is 1. The zero-order valence-corrected chi connectivity index (χ0v) is 9.92. The average Bonchev–Trinajstić information content (AvgIpc) is 2.02. The van der Waals surface area contributed by atoms with Gasteiger partial charge in [-0.3, -0.25) is 4.79 Å². The van der Waals surface area contributed by atoms with Crippen LogP contribution in [0.25, 0.3) is 0 Å². The van der Waals surface area contributed by atoms with Crippen molar-refractivity contribution in [3.8, 4) is 0 Å². The second-order valence-corrected chi connectivity index (χ2v) is 4.69. The number of carbonyl (C=O) groups is 1. The van der Waals surface area contributed by atoms with Gasteiger partial charge in [0.05, 0.1) is 5.92 Å². The van der Waals surface area contributed by atoms with E-state index in [9.17, 15) is 4.79 Å². The number of rotatable bonds is 7. The van der Waals surface area contributed by atoms with Gasteiger partial charge in [0.15, 0.2) is 0 Å². The van der Waals surface area contributed by atoms with Crippen molar-refractivity contribution in [1.29, 1.82) is 0 Å². The third-order valence-electron chi connectivity index (χ3n) is 2.72. The molecule has 0 bridgehead atoms. The molecule has 0 fully saturated rings. The molecule has 0 spiro atoms. The van der Waals surface area contributed by atoms with E-state index in [1.165, 1.54) is 0 Å². The van der Waals surface area contributed by atoms with Crippen LogP contribution < -0.4 is 0 Å². The molecule has 0 aromatic carbocycles. The maximum absolute atomic E-state index is 11.0. The highest BCUT2D eigenvalue weighted by molar-refractivity contribution is 5.70. The molecule has 0 rings (SSSR count). The highest BCUT2D eigenvalue weighted by atomic mass is 16.4. The lowest BCUT2D eigenvalue weighted by atomic mass is 9.84. The molecule has 0 saturated carbocycles. The van der Waals surface area contributed by atoms with E-state index in [0.29, 0.717) is 11.8 Å². The lowest BCUT2D eigenvalue weighted by Gasteiger charge is -2.21. The number of carboxylic acid groups (broad SMARTS) is 1. The minimum absolute atomic E-state index is 0.141. The first-order valence-electron chi connectivity index (χ1n) is 5.71. The van der Waals surface area contributed by atoms with Gasteiger partial charge in [0.2, 0.25) is 0 Å². The summed E-state index contributed by atoms with van der Waals surface area (Å²) in [6.45, 7) is 8.46. The Morgan fingerprint density at radius 2 is 1.86 bits per heavy atom. The molecular formula is C12H24O2. The lowest BCUT2D eigenvalue weighted by molar-refractivity contribution is -0.144. The van der Waals surface area contributed by atoms with Crippen LogP contribution in [0.15, 0.2) is 0 Å². The third-order valence-corrected chi connectivity index (χ3v) is 2.72. The Bertz CT molecular complexity index is 164. The summed E-state index contributed by atoms with van der Waals surface area (Å²) in [7, 11) is 0. The quantitative estimate of drug-likeness (QED) is 0.682. The van der Waals surface area contributed by atoms with Crippen molar-refractivity contribution in [2.45, 2.75) is 53.4 Å². The molecule has 0 aromatic rings. The van der Waals surface area contributed by atoms with Crippen LogP contribution in [0.1, 0.15) is 53.4 Å². The van der Waals surface area contributed by atoms with E-state index in [4.69, 9.17) is 5.11 Å². The zero-order valence-electron chi connectivity index (χ0n) is 9.92. The van der Waals surface area contributed by atoms with E-state index in [0.717, 1.165) is 25.7 Å². The molecule has 2 nitrogen and oxygen atoms in total. The van der Waals surface area contributed by atoms with Gasteiger partial charge in [-0.2, -0.15) is 0 Å². The first kappa shape index (κ1) is 13.5. The van der Waals surface area contributed by atoms with E-state index in [1.54, 1.807) is 0 Å². The summed E-state index contributed by atoms with van der Waals surface area (Å²) in [5.74, 6) is 0.136. The minimum atomic E-state index is -0.619. The molecule has 0 aromatic heterocycles. The predicted octanol–water partition coefficient (Wildman–Crippen LogP) is 3.56. The van der Waals surface area contributed by atoms with Crippen molar-refractivity contribution in [1.82, 2.24) is 0 Å². The molecule has 0 radical (unpaired) electrons. The minimum Gasteiger partial charge on any atom is -0.481 e. The Morgan fingerprint density at radius 1 is 1.29 bits per heavy atom. The molecule has 0 aliphatic carbocycles. The zero-order chi connectivity index (χ0) is 11.1. The number of hydrogen-bond acceptors (Lipinski definition) is 1. The highest BCUT2D eigenvalue weighted by Gasteiger charge is 2.24. The van der Waals surface area contributed by atoms with Crippen molar-refractivity contribution in [3.63, 3.8) is 0 Å².